The number of alkyl halides is 1. The molecule has 0 bridgehead atoms. The fraction of sp³-hybridized carbons (Fsp3) is 0.522. The molecule has 1 fully saturated rings. The van der Waals surface area contributed by atoms with Crippen LogP contribution < -0.4 is 5.32 Å². The summed E-state index contributed by atoms with van der Waals surface area (Å²) < 4.78 is 5.30. The summed E-state index contributed by atoms with van der Waals surface area (Å²) in [4.78, 5) is 27.2. The van der Waals surface area contributed by atoms with Gasteiger partial charge in [0.15, 0.2) is 0 Å². The van der Waals surface area contributed by atoms with Crippen LogP contribution in [0.15, 0.2) is 34.9 Å². The summed E-state index contributed by atoms with van der Waals surface area (Å²) in [7, 11) is 0. The van der Waals surface area contributed by atoms with E-state index in [-0.39, 0.29) is 23.1 Å². The van der Waals surface area contributed by atoms with Crippen LogP contribution in [0.25, 0.3) is 0 Å². The van der Waals surface area contributed by atoms with Gasteiger partial charge in [-0.3, -0.25) is 9.59 Å². The Labute approximate surface area is 182 Å². The van der Waals surface area contributed by atoms with Gasteiger partial charge in [0.1, 0.15) is 11.6 Å². The summed E-state index contributed by atoms with van der Waals surface area (Å²) in [6.07, 6.45) is 1.53. The van der Waals surface area contributed by atoms with Crippen LogP contribution >= 0.6 is 11.6 Å². The molecule has 1 N–H and O–H groups in total. The molecule has 0 radical (unpaired) electrons. The number of carbonyl (C=O) groups is 2. The Morgan fingerprint density at radius 1 is 1.20 bits per heavy atom. The molecule has 0 aliphatic carbocycles. The number of amides is 2. The Kier molecular flexibility index (Phi) is 6.56. The van der Waals surface area contributed by atoms with Gasteiger partial charge >= 0.3 is 0 Å². The number of nitrogens with zero attached hydrogens (tertiary/aromatic N) is 2. The highest BCUT2D eigenvalue weighted by atomic mass is 35.5. The molecule has 3 rings (SSSR count). The molecule has 0 unspecified atom stereocenters. The van der Waals surface area contributed by atoms with E-state index in [2.05, 4.69) is 22.6 Å². The van der Waals surface area contributed by atoms with Crippen LogP contribution in [0.1, 0.15) is 49.3 Å². The number of aryl methyl sites for hydroxylation is 2. The lowest BCUT2D eigenvalue weighted by molar-refractivity contribution is -0.138. The van der Waals surface area contributed by atoms with Gasteiger partial charge in [0, 0.05) is 30.6 Å². The number of likely N-dealkylation sites (tertiary alicyclic amines) is 1. The van der Waals surface area contributed by atoms with Crippen LogP contribution in [-0.2, 0) is 20.4 Å². The van der Waals surface area contributed by atoms with Gasteiger partial charge in [0.2, 0.25) is 11.8 Å². The van der Waals surface area contributed by atoms with Crippen LogP contribution in [-0.4, -0.2) is 47.4 Å². The lowest BCUT2D eigenvalue weighted by atomic mass is 9.72. The number of hydrogen-bond acceptors (Lipinski definition) is 4. The van der Waals surface area contributed by atoms with E-state index >= 15 is 0 Å². The van der Waals surface area contributed by atoms with E-state index in [1.54, 1.807) is 0 Å². The van der Waals surface area contributed by atoms with Crippen molar-refractivity contribution >= 4 is 23.4 Å². The maximum absolute atomic E-state index is 13.5. The minimum Gasteiger partial charge on any atom is -0.361 e. The van der Waals surface area contributed by atoms with Crippen molar-refractivity contribution in [2.24, 2.45) is 0 Å². The van der Waals surface area contributed by atoms with Crippen molar-refractivity contribution < 1.29 is 14.1 Å². The molecule has 2 heterocycles. The molecule has 0 spiro atoms. The summed E-state index contributed by atoms with van der Waals surface area (Å²) >= 11 is 5.67. The van der Waals surface area contributed by atoms with Crippen LogP contribution in [0.3, 0.4) is 0 Å². The first kappa shape index (κ1) is 22.3. The third-order valence-electron chi connectivity index (χ3n) is 6.33. The van der Waals surface area contributed by atoms with E-state index in [1.165, 1.54) is 5.56 Å². The molecule has 1 aromatic heterocycles. The first-order valence-electron chi connectivity index (χ1n) is 10.3. The van der Waals surface area contributed by atoms with Crippen LogP contribution in [0.2, 0.25) is 0 Å². The van der Waals surface area contributed by atoms with Crippen molar-refractivity contribution in [1.82, 2.24) is 15.4 Å². The van der Waals surface area contributed by atoms with Crippen molar-refractivity contribution in [1.29, 1.82) is 0 Å². The quantitative estimate of drug-likeness (QED) is 0.710. The van der Waals surface area contributed by atoms with Gasteiger partial charge in [-0.1, -0.05) is 35.5 Å². The molecule has 1 aromatic carbocycles. The Bertz CT molecular complexity index is 880. The molecule has 2 aromatic rings. The minimum absolute atomic E-state index is 0.0545. The number of rotatable bonds is 6. The van der Waals surface area contributed by atoms with Gasteiger partial charge in [-0.05, 0) is 46.1 Å². The third-order valence-corrected chi connectivity index (χ3v) is 6.58. The van der Waals surface area contributed by atoms with E-state index in [0.29, 0.717) is 25.4 Å². The molecule has 1 aliphatic heterocycles. The van der Waals surface area contributed by atoms with E-state index in [1.807, 2.05) is 50.8 Å². The molecule has 1 saturated heterocycles. The number of halogens is 1. The van der Waals surface area contributed by atoms with E-state index in [0.717, 1.165) is 24.1 Å². The summed E-state index contributed by atoms with van der Waals surface area (Å²) in [5.41, 5.74) is 1.87. The highest BCUT2D eigenvalue weighted by Crippen LogP contribution is 2.38. The lowest BCUT2D eigenvalue weighted by Crippen LogP contribution is -2.53. The van der Waals surface area contributed by atoms with Crippen LogP contribution in [0.4, 0.5) is 0 Å². The summed E-state index contributed by atoms with van der Waals surface area (Å²) in [5.74, 6) is 0.528. The standard InChI is InChI=1S/C23H30ClN3O3/c1-16-20(17(2)30-26-16)22(3,4)21(29)27-12-10-23(11-13-27,15-25-19(28)14-24)18-8-6-5-7-9-18/h5-9H,10-15H2,1-4H3,(H,25,28). The second-order valence-electron chi connectivity index (χ2n) is 8.67. The zero-order valence-corrected chi connectivity index (χ0v) is 18.9. The number of benzene rings is 1. The highest BCUT2D eigenvalue weighted by Gasteiger charge is 2.43. The Morgan fingerprint density at radius 2 is 1.83 bits per heavy atom. The molecular formula is C23H30ClN3O3. The molecule has 6 nitrogen and oxygen atoms in total. The van der Waals surface area contributed by atoms with Crippen molar-refractivity contribution in [3.05, 3.63) is 52.9 Å². The first-order valence-corrected chi connectivity index (χ1v) is 10.9. The zero-order valence-electron chi connectivity index (χ0n) is 18.1. The van der Waals surface area contributed by atoms with Crippen molar-refractivity contribution in [2.45, 2.75) is 51.4 Å². The largest absolute Gasteiger partial charge is 0.361 e. The zero-order chi connectivity index (χ0) is 21.9. The average molecular weight is 432 g/mol. The van der Waals surface area contributed by atoms with Crippen molar-refractivity contribution in [3.8, 4) is 0 Å². The Morgan fingerprint density at radius 3 is 2.37 bits per heavy atom. The number of piperidine rings is 1. The van der Waals surface area contributed by atoms with Gasteiger partial charge in [-0.15, -0.1) is 11.6 Å². The van der Waals surface area contributed by atoms with Crippen molar-refractivity contribution in [2.75, 3.05) is 25.5 Å². The normalized spacial score (nSPS) is 16.4. The fourth-order valence-corrected chi connectivity index (χ4v) is 4.78. The van der Waals surface area contributed by atoms with Gasteiger partial charge in [0.05, 0.1) is 11.1 Å². The molecule has 30 heavy (non-hydrogen) atoms. The van der Waals surface area contributed by atoms with E-state index in [9.17, 15) is 9.59 Å². The van der Waals surface area contributed by atoms with E-state index < -0.39 is 5.41 Å². The molecule has 0 saturated carbocycles. The van der Waals surface area contributed by atoms with Gasteiger partial charge in [0.25, 0.3) is 0 Å². The second kappa shape index (κ2) is 8.80. The lowest BCUT2D eigenvalue weighted by Gasteiger charge is -2.44. The van der Waals surface area contributed by atoms with Crippen molar-refractivity contribution in [3.63, 3.8) is 0 Å². The van der Waals surface area contributed by atoms with Gasteiger partial charge in [-0.2, -0.15) is 0 Å². The maximum atomic E-state index is 13.5. The van der Waals surface area contributed by atoms with Gasteiger partial charge in [-0.25, -0.2) is 0 Å². The Hall–Kier alpha value is -2.34. The number of hydrogen-bond donors (Lipinski definition) is 1. The third kappa shape index (κ3) is 4.24. The first-order chi connectivity index (χ1) is 14.2. The SMILES string of the molecule is Cc1noc(C)c1C(C)(C)C(=O)N1CCC(CNC(=O)CCl)(c2ccccc2)CC1. The van der Waals surface area contributed by atoms with Crippen LogP contribution in [0, 0.1) is 13.8 Å². The topological polar surface area (TPSA) is 75.4 Å². The maximum Gasteiger partial charge on any atom is 0.234 e. The molecule has 162 valence electrons. The van der Waals surface area contributed by atoms with E-state index in [4.69, 9.17) is 16.1 Å². The Balaban J connectivity index is 1.79. The highest BCUT2D eigenvalue weighted by molar-refractivity contribution is 6.27. The minimum atomic E-state index is -0.715. The smallest absolute Gasteiger partial charge is 0.234 e. The second-order valence-corrected chi connectivity index (χ2v) is 8.94. The van der Waals surface area contributed by atoms with Crippen LogP contribution in [0.5, 0.6) is 0 Å². The summed E-state index contributed by atoms with van der Waals surface area (Å²) in [6.45, 7) is 9.34. The molecule has 1 aliphatic rings. The number of nitrogens with one attached hydrogen (secondary N) is 1. The number of aromatic nitrogens is 1. The summed E-state index contributed by atoms with van der Waals surface area (Å²) in [5, 5.41) is 6.98. The molecule has 2 amide bonds. The summed E-state index contributed by atoms with van der Waals surface area (Å²) in [6, 6.07) is 10.2. The monoisotopic (exact) mass is 431 g/mol. The molecule has 0 atom stereocenters. The number of carbonyl (C=O) groups excluding carboxylic acids is 2. The predicted octanol–water partition coefficient (Wildman–Crippen LogP) is 3.48. The molecule has 7 heteroatoms. The molecular weight excluding hydrogens is 402 g/mol. The average Bonchev–Trinajstić information content (AvgIpc) is 3.11. The van der Waals surface area contributed by atoms with Gasteiger partial charge < -0.3 is 14.7 Å². The predicted molar refractivity (Wildman–Crippen MR) is 117 cm³/mol. The fourth-order valence-electron chi connectivity index (χ4n) is 4.69.